The summed E-state index contributed by atoms with van der Waals surface area (Å²) in [7, 11) is 1.73. The van der Waals surface area contributed by atoms with E-state index in [1.807, 2.05) is 0 Å². The summed E-state index contributed by atoms with van der Waals surface area (Å²) >= 11 is 0. The molecule has 1 heterocycles. The van der Waals surface area contributed by atoms with Gasteiger partial charge >= 0.3 is 0 Å². The standard InChI is InChI=1S/C27H46N2O2/c1-21(2)19-28-10-12-29(13-11-28)25-9-8-23(31-15-14-30-7)16-24(25)22-17-26(3,4)20-27(5,6)18-22/h8-9,16,21-22H,10-15,17-20H2,1-7H3. The number of anilines is 1. The minimum atomic E-state index is 0.368. The van der Waals surface area contributed by atoms with Crippen molar-refractivity contribution >= 4 is 5.69 Å². The van der Waals surface area contributed by atoms with E-state index in [0.717, 1.165) is 37.8 Å². The molecule has 4 heteroatoms. The Hall–Kier alpha value is -1.26. The lowest BCUT2D eigenvalue weighted by Gasteiger charge is -2.46. The number of nitrogens with zero attached hydrogens (tertiary/aromatic N) is 2. The number of benzene rings is 1. The summed E-state index contributed by atoms with van der Waals surface area (Å²) in [5, 5.41) is 0. The van der Waals surface area contributed by atoms with E-state index < -0.39 is 0 Å². The summed E-state index contributed by atoms with van der Waals surface area (Å²) in [6.45, 7) is 21.4. The van der Waals surface area contributed by atoms with Gasteiger partial charge in [-0.3, -0.25) is 4.90 Å². The lowest BCUT2D eigenvalue weighted by atomic mass is 9.60. The van der Waals surface area contributed by atoms with Gasteiger partial charge in [0.25, 0.3) is 0 Å². The number of rotatable bonds is 8. The molecule has 0 spiro atoms. The predicted octanol–water partition coefficient (Wildman–Crippen LogP) is 5.81. The zero-order chi connectivity index (χ0) is 22.6. The molecule has 1 saturated carbocycles. The molecule has 31 heavy (non-hydrogen) atoms. The normalized spacial score (nSPS) is 22.1. The second-order valence-electron chi connectivity index (χ2n) is 11.9. The van der Waals surface area contributed by atoms with Crippen LogP contribution in [0, 0.1) is 16.7 Å². The fourth-order valence-electron chi connectivity index (χ4n) is 6.23. The molecular formula is C27H46N2O2. The van der Waals surface area contributed by atoms with Crippen molar-refractivity contribution in [3.8, 4) is 5.75 Å². The monoisotopic (exact) mass is 430 g/mol. The van der Waals surface area contributed by atoms with E-state index in [1.165, 1.54) is 37.1 Å². The molecule has 4 nitrogen and oxygen atoms in total. The molecule has 1 aromatic carbocycles. The van der Waals surface area contributed by atoms with Crippen LogP contribution in [0.1, 0.15) is 72.3 Å². The minimum Gasteiger partial charge on any atom is -0.491 e. The topological polar surface area (TPSA) is 24.9 Å². The Bertz CT molecular complexity index is 689. The van der Waals surface area contributed by atoms with E-state index in [0.29, 0.717) is 30.0 Å². The van der Waals surface area contributed by atoms with Gasteiger partial charge in [0.2, 0.25) is 0 Å². The van der Waals surface area contributed by atoms with E-state index in [1.54, 1.807) is 7.11 Å². The van der Waals surface area contributed by atoms with Crippen molar-refractivity contribution in [3.63, 3.8) is 0 Å². The van der Waals surface area contributed by atoms with Crippen molar-refractivity contribution in [2.75, 3.05) is 57.9 Å². The highest BCUT2D eigenvalue weighted by molar-refractivity contribution is 5.58. The van der Waals surface area contributed by atoms with Crippen LogP contribution in [0.25, 0.3) is 0 Å². The zero-order valence-electron chi connectivity index (χ0n) is 21.2. The molecule has 3 rings (SSSR count). The summed E-state index contributed by atoms with van der Waals surface area (Å²) in [4.78, 5) is 5.25. The smallest absolute Gasteiger partial charge is 0.119 e. The Balaban J connectivity index is 1.85. The second kappa shape index (κ2) is 10.1. The summed E-state index contributed by atoms with van der Waals surface area (Å²) in [5.74, 6) is 2.29. The molecule has 0 bridgehead atoms. The maximum absolute atomic E-state index is 6.03. The minimum absolute atomic E-state index is 0.368. The van der Waals surface area contributed by atoms with Crippen molar-refractivity contribution in [3.05, 3.63) is 23.8 Å². The number of hydrogen-bond donors (Lipinski definition) is 0. The molecule has 0 unspecified atom stereocenters. The first kappa shape index (κ1) is 24.4. The van der Waals surface area contributed by atoms with E-state index in [4.69, 9.17) is 9.47 Å². The number of ether oxygens (including phenoxy) is 2. The number of hydrogen-bond acceptors (Lipinski definition) is 4. The van der Waals surface area contributed by atoms with Gasteiger partial charge in [-0.2, -0.15) is 0 Å². The average Bonchev–Trinajstić information content (AvgIpc) is 2.66. The summed E-state index contributed by atoms with van der Waals surface area (Å²) in [6.07, 6.45) is 3.79. The zero-order valence-corrected chi connectivity index (χ0v) is 21.2. The number of methoxy groups -OCH3 is 1. The highest BCUT2D eigenvalue weighted by Crippen LogP contribution is 2.53. The van der Waals surface area contributed by atoms with Crippen LogP contribution in [0.15, 0.2) is 18.2 Å². The average molecular weight is 431 g/mol. The van der Waals surface area contributed by atoms with Crippen molar-refractivity contribution in [2.45, 2.75) is 66.7 Å². The highest BCUT2D eigenvalue weighted by atomic mass is 16.5. The van der Waals surface area contributed by atoms with Crippen molar-refractivity contribution in [1.82, 2.24) is 4.90 Å². The second-order valence-corrected chi connectivity index (χ2v) is 11.9. The first-order chi connectivity index (χ1) is 14.6. The SMILES string of the molecule is COCCOc1ccc(N2CCN(CC(C)C)CC2)c(C2CC(C)(C)CC(C)(C)C2)c1. The fraction of sp³-hybridized carbons (Fsp3) is 0.778. The fourth-order valence-corrected chi connectivity index (χ4v) is 6.23. The van der Waals surface area contributed by atoms with Gasteiger partial charge in [0.15, 0.2) is 0 Å². The molecule has 1 saturated heterocycles. The first-order valence-corrected chi connectivity index (χ1v) is 12.3. The molecule has 176 valence electrons. The molecule has 0 aromatic heterocycles. The Morgan fingerprint density at radius 3 is 2.19 bits per heavy atom. The number of piperazine rings is 1. The maximum Gasteiger partial charge on any atom is 0.119 e. The van der Waals surface area contributed by atoms with Crippen LogP contribution in [0.3, 0.4) is 0 Å². The molecule has 1 aromatic rings. The quantitative estimate of drug-likeness (QED) is 0.486. The van der Waals surface area contributed by atoms with E-state index in [9.17, 15) is 0 Å². The van der Waals surface area contributed by atoms with Gasteiger partial charge in [-0.1, -0.05) is 41.5 Å². The van der Waals surface area contributed by atoms with Crippen molar-refractivity contribution in [1.29, 1.82) is 0 Å². The predicted molar refractivity (Wildman–Crippen MR) is 131 cm³/mol. The Labute approximate surface area is 191 Å². The van der Waals surface area contributed by atoms with Crippen LogP contribution in [-0.4, -0.2) is 57.9 Å². The third-order valence-corrected chi connectivity index (χ3v) is 6.89. The third-order valence-electron chi connectivity index (χ3n) is 6.89. The Kier molecular flexibility index (Phi) is 7.96. The molecule has 2 aliphatic rings. The van der Waals surface area contributed by atoms with Gasteiger partial charge in [0, 0.05) is 45.5 Å². The van der Waals surface area contributed by atoms with Crippen LogP contribution < -0.4 is 9.64 Å². The molecule has 0 atom stereocenters. The molecular weight excluding hydrogens is 384 g/mol. The summed E-state index contributed by atoms with van der Waals surface area (Å²) in [6, 6.07) is 6.83. The van der Waals surface area contributed by atoms with Gasteiger partial charge in [-0.15, -0.1) is 0 Å². The van der Waals surface area contributed by atoms with Gasteiger partial charge in [0.1, 0.15) is 12.4 Å². The first-order valence-electron chi connectivity index (χ1n) is 12.3. The van der Waals surface area contributed by atoms with Crippen LogP contribution in [0.4, 0.5) is 5.69 Å². The molecule has 0 amide bonds. The Morgan fingerprint density at radius 1 is 0.968 bits per heavy atom. The van der Waals surface area contributed by atoms with Crippen LogP contribution >= 0.6 is 0 Å². The van der Waals surface area contributed by atoms with Gasteiger partial charge < -0.3 is 14.4 Å². The molecule has 0 N–H and O–H groups in total. The molecule has 1 aliphatic heterocycles. The van der Waals surface area contributed by atoms with Crippen molar-refractivity contribution in [2.24, 2.45) is 16.7 Å². The molecule has 1 aliphatic carbocycles. The lowest BCUT2D eigenvalue weighted by molar-refractivity contribution is 0.0968. The van der Waals surface area contributed by atoms with Crippen molar-refractivity contribution < 1.29 is 9.47 Å². The highest BCUT2D eigenvalue weighted by Gasteiger charge is 2.40. The largest absolute Gasteiger partial charge is 0.491 e. The van der Waals surface area contributed by atoms with E-state index in [-0.39, 0.29) is 0 Å². The summed E-state index contributed by atoms with van der Waals surface area (Å²) in [5.41, 5.74) is 3.66. The molecule has 0 radical (unpaired) electrons. The van der Waals surface area contributed by atoms with Gasteiger partial charge in [-0.05, 0) is 65.7 Å². The Morgan fingerprint density at radius 2 is 1.61 bits per heavy atom. The van der Waals surface area contributed by atoms with E-state index in [2.05, 4.69) is 69.5 Å². The van der Waals surface area contributed by atoms with E-state index >= 15 is 0 Å². The lowest BCUT2D eigenvalue weighted by Crippen LogP contribution is -2.47. The van der Waals surface area contributed by atoms with Gasteiger partial charge in [0.05, 0.1) is 6.61 Å². The molecule has 2 fully saturated rings. The third kappa shape index (κ3) is 6.86. The van der Waals surface area contributed by atoms with Crippen LogP contribution in [-0.2, 0) is 4.74 Å². The van der Waals surface area contributed by atoms with Crippen LogP contribution in [0.5, 0.6) is 5.75 Å². The summed E-state index contributed by atoms with van der Waals surface area (Å²) < 4.78 is 11.2. The maximum atomic E-state index is 6.03. The van der Waals surface area contributed by atoms with Gasteiger partial charge in [-0.25, -0.2) is 0 Å². The van der Waals surface area contributed by atoms with Crippen LogP contribution in [0.2, 0.25) is 0 Å².